The zero-order valence-electron chi connectivity index (χ0n) is 32.6. The standard InChI is InChI=1S/C20H27N5OS.C19H24FN5S/c1-19(2)10-14(11-20(3,4)24-19)25(5)18-23-22-17(27-18)15-8-7-13(12-21)9-16(15)26-6;1-18(2)9-13(10-19(3,4)24-18)25(5)17-23-22-16(26-17)14-7-6-12(11-21)8-15(14)20/h7-9,14,24H,10-11H2,1-6H3;6-8,13,24H,9-10H2,1-5H3. The summed E-state index contributed by atoms with van der Waals surface area (Å²) in [5, 5.41) is 45.7. The summed E-state index contributed by atoms with van der Waals surface area (Å²) in [5.41, 5.74) is 2.33. The van der Waals surface area contributed by atoms with Gasteiger partial charge in [-0.25, -0.2) is 4.39 Å². The smallest absolute Gasteiger partial charge is 0.208 e. The van der Waals surface area contributed by atoms with Crippen LogP contribution in [0.3, 0.4) is 0 Å². The van der Waals surface area contributed by atoms with Crippen molar-refractivity contribution >= 4 is 32.9 Å². The molecule has 0 aliphatic carbocycles. The summed E-state index contributed by atoms with van der Waals surface area (Å²) in [7, 11) is 5.73. The second kappa shape index (κ2) is 15.3. The monoisotopic (exact) mass is 758 g/mol. The highest BCUT2D eigenvalue weighted by Gasteiger charge is 2.41. The van der Waals surface area contributed by atoms with E-state index in [9.17, 15) is 4.39 Å². The van der Waals surface area contributed by atoms with E-state index in [1.807, 2.05) is 19.2 Å². The third kappa shape index (κ3) is 9.67. The lowest BCUT2D eigenvalue weighted by Gasteiger charge is -2.48. The first-order valence-corrected chi connectivity index (χ1v) is 19.4. The van der Waals surface area contributed by atoms with E-state index in [4.69, 9.17) is 15.3 Å². The molecule has 4 heterocycles. The molecule has 2 fully saturated rings. The SMILES string of the molecule is CN(c1nnc(-c2ccc(C#N)cc2F)s1)C1CC(C)(C)NC(C)(C)C1.COc1cc(C#N)ccc1-c1nnc(N(C)C2CC(C)(C)NC(C)(C)C2)s1. The lowest BCUT2D eigenvalue weighted by atomic mass is 9.79. The minimum absolute atomic E-state index is 0.0351. The van der Waals surface area contributed by atoms with Crippen molar-refractivity contribution in [2.45, 2.75) is 115 Å². The highest BCUT2D eigenvalue weighted by Crippen LogP contribution is 2.39. The maximum Gasteiger partial charge on any atom is 0.208 e. The van der Waals surface area contributed by atoms with Crippen LogP contribution in [0.2, 0.25) is 0 Å². The predicted molar refractivity (Wildman–Crippen MR) is 212 cm³/mol. The van der Waals surface area contributed by atoms with Gasteiger partial charge in [0.25, 0.3) is 0 Å². The highest BCUT2D eigenvalue weighted by molar-refractivity contribution is 7.18. The van der Waals surface area contributed by atoms with Gasteiger partial charge in [0, 0.05) is 53.9 Å². The normalized spacial score (nSPS) is 18.9. The van der Waals surface area contributed by atoms with Crippen LogP contribution in [0.4, 0.5) is 14.7 Å². The second-order valence-corrected chi connectivity index (χ2v) is 18.7. The van der Waals surface area contributed by atoms with Crippen LogP contribution in [0.15, 0.2) is 36.4 Å². The Bertz CT molecular complexity index is 1970. The minimum Gasteiger partial charge on any atom is -0.496 e. The first-order chi connectivity index (χ1) is 24.7. The molecule has 282 valence electrons. The number of methoxy groups -OCH3 is 1. The molecule has 14 heteroatoms. The van der Waals surface area contributed by atoms with Gasteiger partial charge in [-0.2, -0.15) is 10.5 Å². The van der Waals surface area contributed by atoms with Gasteiger partial charge in [0.1, 0.15) is 11.6 Å². The molecule has 0 amide bonds. The summed E-state index contributed by atoms with van der Waals surface area (Å²) in [6.07, 6.45) is 4.07. The van der Waals surface area contributed by atoms with E-state index in [0.717, 1.165) is 46.5 Å². The molecule has 53 heavy (non-hydrogen) atoms. The second-order valence-electron chi connectivity index (χ2n) is 16.7. The summed E-state index contributed by atoms with van der Waals surface area (Å²) < 4.78 is 19.7. The van der Waals surface area contributed by atoms with Gasteiger partial charge < -0.3 is 25.2 Å². The van der Waals surface area contributed by atoms with E-state index in [1.54, 1.807) is 42.7 Å². The lowest BCUT2D eigenvalue weighted by Crippen LogP contribution is -2.61. The largest absolute Gasteiger partial charge is 0.496 e. The molecule has 0 saturated carbocycles. The molecule has 6 rings (SSSR count). The van der Waals surface area contributed by atoms with Crippen molar-refractivity contribution in [3.8, 4) is 39.0 Å². The van der Waals surface area contributed by atoms with Gasteiger partial charge in [-0.15, -0.1) is 20.4 Å². The number of nitriles is 2. The Morgan fingerprint density at radius 3 is 1.47 bits per heavy atom. The van der Waals surface area contributed by atoms with E-state index in [0.29, 0.717) is 39.5 Å². The van der Waals surface area contributed by atoms with Crippen LogP contribution in [0, 0.1) is 28.5 Å². The fourth-order valence-electron chi connectivity index (χ4n) is 8.03. The molecule has 4 aromatic rings. The van der Waals surface area contributed by atoms with E-state index >= 15 is 0 Å². The number of halogens is 1. The van der Waals surface area contributed by atoms with Crippen molar-refractivity contribution in [2.75, 3.05) is 31.0 Å². The molecule has 0 atom stereocenters. The number of hydrogen-bond donors (Lipinski definition) is 2. The number of anilines is 2. The predicted octanol–water partition coefficient (Wildman–Crippen LogP) is 7.79. The van der Waals surface area contributed by atoms with Crippen LogP contribution >= 0.6 is 22.7 Å². The third-order valence-corrected chi connectivity index (χ3v) is 11.8. The number of ether oxygens (including phenoxy) is 1. The van der Waals surface area contributed by atoms with Crippen LogP contribution < -0.4 is 25.2 Å². The van der Waals surface area contributed by atoms with E-state index in [1.165, 1.54) is 17.4 Å². The number of aromatic nitrogens is 4. The molecule has 2 aromatic carbocycles. The Kier molecular flexibility index (Phi) is 11.5. The van der Waals surface area contributed by atoms with Gasteiger partial charge in [-0.05, 0) is 117 Å². The molecular formula is C39H51FN10OS2. The maximum atomic E-state index is 14.3. The zero-order chi connectivity index (χ0) is 38.9. The molecule has 0 bridgehead atoms. The summed E-state index contributed by atoms with van der Waals surface area (Å²) >= 11 is 2.93. The van der Waals surface area contributed by atoms with Crippen LogP contribution in [0.25, 0.3) is 21.1 Å². The van der Waals surface area contributed by atoms with Gasteiger partial charge in [0.2, 0.25) is 10.3 Å². The molecule has 2 aromatic heterocycles. The molecular weight excluding hydrogens is 708 g/mol. The van der Waals surface area contributed by atoms with Crippen molar-refractivity contribution in [3.63, 3.8) is 0 Å². The van der Waals surface area contributed by atoms with Crippen LogP contribution in [-0.4, -0.2) is 75.8 Å². The Hall–Kier alpha value is -4.21. The summed E-state index contributed by atoms with van der Waals surface area (Å²) in [6.45, 7) is 17.9. The fraction of sp³-hybridized carbons (Fsp3) is 0.538. The Morgan fingerprint density at radius 2 is 1.08 bits per heavy atom. The number of rotatable bonds is 7. The zero-order valence-corrected chi connectivity index (χ0v) is 34.3. The first-order valence-electron chi connectivity index (χ1n) is 17.7. The summed E-state index contributed by atoms with van der Waals surface area (Å²) in [5.74, 6) is 0.196. The van der Waals surface area contributed by atoms with Crippen molar-refractivity contribution in [3.05, 3.63) is 53.3 Å². The van der Waals surface area contributed by atoms with E-state index < -0.39 is 5.82 Å². The van der Waals surface area contributed by atoms with Crippen molar-refractivity contribution in [2.24, 2.45) is 0 Å². The molecule has 2 N–H and O–H groups in total. The molecule has 2 aliphatic rings. The van der Waals surface area contributed by atoms with Gasteiger partial charge in [-0.1, -0.05) is 22.7 Å². The maximum absolute atomic E-state index is 14.3. The molecule has 11 nitrogen and oxygen atoms in total. The Labute approximate surface area is 321 Å². The fourth-order valence-corrected chi connectivity index (χ4v) is 9.84. The van der Waals surface area contributed by atoms with Crippen molar-refractivity contribution < 1.29 is 9.13 Å². The average Bonchev–Trinajstić information content (AvgIpc) is 3.76. The lowest BCUT2D eigenvalue weighted by molar-refractivity contribution is 0.160. The molecule has 0 unspecified atom stereocenters. The highest BCUT2D eigenvalue weighted by atomic mass is 32.1. The van der Waals surface area contributed by atoms with Gasteiger partial charge >= 0.3 is 0 Å². The Balaban J connectivity index is 0.000000204. The molecule has 2 aliphatic heterocycles. The Morgan fingerprint density at radius 1 is 0.679 bits per heavy atom. The van der Waals surface area contributed by atoms with Crippen LogP contribution in [-0.2, 0) is 0 Å². The quantitative estimate of drug-likeness (QED) is 0.191. The number of nitrogens with zero attached hydrogens (tertiary/aromatic N) is 8. The first kappa shape index (κ1) is 40.0. The van der Waals surface area contributed by atoms with Crippen LogP contribution in [0.1, 0.15) is 92.2 Å². The number of nitrogens with one attached hydrogen (secondary N) is 2. The van der Waals surface area contributed by atoms with Crippen molar-refractivity contribution in [1.29, 1.82) is 10.5 Å². The molecule has 2 saturated heterocycles. The minimum atomic E-state index is -0.446. The summed E-state index contributed by atoms with van der Waals surface area (Å²) in [4.78, 5) is 4.41. The third-order valence-electron chi connectivity index (χ3n) is 9.75. The molecule has 0 spiro atoms. The number of piperidine rings is 2. The molecule has 0 radical (unpaired) electrons. The average molecular weight is 759 g/mol. The van der Waals surface area contributed by atoms with Gasteiger partial charge in [0.05, 0.1) is 35.9 Å². The van der Waals surface area contributed by atoms with E-state index in [-0.39, 0.29) is 22.2 Å². The van der Waals surface area contributed by atoms with Gasteiger partial charge in [-0.3, -0.25) is 0 Å². The number of benzene rings is 2. The van der Waals surface area contributed by atoms with Gasteiger partial charge in [0.15, 0.2) is 10.0 Å². The van der Waals surface area contributed by atoms with E-state index in [2.05, 4.69) is 109 Å². The van der Waals surface area contributed by atoms with Crippen LogP contribution in [0.5, 0.6) is 5.75 Å². The van der Waals surface area contributed by atoms with Crippen molar-refractivity contribution in [1.82, 2.24) is 31.0 Å². The summed E-state index contributed by atoms with van der Waals surface area (Å²) in [6, 6.07) is 14.6. The topological polar surface area (TPSA) is 139 Å². The number of hydrogen-bond acceptors (Lipinski definition) is 13.